The maximum atomic E-state index is 12.2. The molecule has 0 aromatic carbocycles. The lowest BCUT2D eigenvalue weighted by Gasteiger charge is -2.36. The lowest BCUT2D eigenvalue weighted by atomic mass is 10.1. The van der Waals surface area contributed by atoms with Gasteiger partial charge in [-0.3, -0.25) is 9.69 Å². The van der Waals surface area contributed by atoms with Crippen molar-refractivity contribution in [1.82, 2.24) is 4.90 Å². The number of carbonyl (C=O) groups is 1. The van der Waals surface area contributed by atoms with E-state index in [0.29, 0.717) is 0 Å². The number of aliphatic hydroxyl groups is 1. The molecule has 112 valence electrons. The summed E-state index contributed by atoms with van der Waals surface area (Å²) in [5.41, 5.74) is 0. The minimum Gasteiger partial charge on any atom is -0.481 e. The van der Waals surface area contributed by atoms with Crippen molar-refractivity contribution in [1.29, 1.82) is 0 Å². The van der Waals surface area contributed by atoms with Crippen LogP contribution in [0.4, 0.5) is 13.2 Å². The van der Waals surface area contributed by atoms with Gasteiger partial charge in [0, 0.05) is 19.1 Å². The molecule has 0 aliphatic carbocycles. The first-order valence-corrected chi connectivity index (χ1v) is 7.24. The van der Waals surface area contributed by atoms with Crippen LogP contribution in [0.5, 0.6) is 0 Å². The fourth-order valence-corrected chi connectivity index (χ4v) is 3.47. The Morgan fingerprint density at radius 1 is 1.42 bits per heavy atom. The number of aliphatic hydroxyl groups excluding tert-OH is 1. The van der Waals surface area contributed by atoms with Crippen molar-refractivity contribution in [2.24, 2.45) is 0 Å². The van der Waals surface area contributed by atoms with E-state index in [4.69, 9.17) is 10.2 Å². The van der Waals surface area contributed by atoms with Crippen LogP contribution in [0.25, 0.3) is 0 Å². The lowest BCUT2D eigenvalue weighted by Crippen LogP contribution is -2.53. The summed E-state index contributed by atoms with van der Waals surface area (Å²) in [6.45, 7) is -1.04. The van der Waals surface area contributed by atoms with Gasteiger partial charge in [-0.05, 0) is 0 Å². The first-order chi connectivity index (χ1) is 8.51. The Morgan fingerprint density at radius 2 is 2.00 bits per heavy atom. The summed E-state index contributed by atoms with van der Waals surface area (Å²) in [7, 11) is -3.45. The third-order valence-electron chi connectivity index (χ3n) is 2.85. The SMILES string of the molecule is O=C(O)CC1CS(=O)(=O)CCN1CC(O)C(F)(F)F. The van der Waals surface area contributed by atoms with Crippen molar-refractivity contribution in [3.63, 3.8) is 0 Å². The molecular weight excluding hydrogens is 291 g/mol. The zero-order valence-corrected chi connectivity index (χ0v) is 10.6. The zero-order chi connectivity index (χ0) is 14.8. The van der Waals surface area contributed by atoms with E-state index in [1.165, 1.54) is 0 Å². The lowest BCUT2D eigenvalue weighted by molar-refractivity contribution is -0.209. The molecule has 1 aliphatic heterocycles. The molecule has 0 amide bonds. The summed E-state index contributed by atoms with van der Waals surface area (Å²) in [5.74, 6) is -2.15. The number of carboxylic acids is 1. The van der Waals surface area contributed by atoms with Crippen LogP contribution in [-0.2, 0) is 14.6 Å². The molecule has 2 unspecified atom stereocenters. The van der Waals surface area contributed by atoms with E-state index in [-0.39, 0.29) is 12.3 Å². The minimum atomic E-state index is -4.82. The second-order valence-corrected chi connectivity index (χ2v) is 6.65. The van der Waals surface area contributed by atoms with Gasteiger partial charge in [-0.2, -0.15) is 13.2 Å². The Labute approximate surface area is 107 Å². The van der Waals surface area contributed by atoms with Crippen LogP contribution in [-0.4, -0.2) is 72.4 Å². The number of nitrogens with zero attached hydrogens (tertiary/aromatic N) is 1. The van der Waals surface area contributed by atoms with Crippen LogP contribution >= 0.6 is 0 Å². The van der Waals surface area contributed by atoms with Crippen molar-refractivity contribution in [3.05, 3.63) is 0 Å². The molecule has 1 heterocycles. The summed E-state index contributed by atoms with van der Waals surface area (Å²) < 4.78 is 59.4. The van der Waals surface area contributed by atoms with Crippen molar-refractivity contribution in [2.45, 2.75) is 24.7 Å². The van der Waals surface area contributed by atoms with Gasteiger partial charge >= 0.3 is 12.1 Å². The molecule has 1 fully saturated rings. The van der Waals surface area contributed by atoms with Crippen LogP contribution in [0, 0.1) is 0 Å². The highest BCUT2D eigenvalue weighted by Crippen LogP contribution is 2.23. The van der Waals surface area contributed by atoms with Crippen molar-refractivity contribution < 1.29 is 36.6 Å². The minimum absolute atomic E-state index is 0.215. The first-order valence-electron chi connectivity index (χ1n) is 5.42. The standard InChI is InChI=1S/C9H14F3NO5S/c10-9(11,12)7(14)4-13-1-2-19(17,18)5-6(13)3-8(15)16/h6-7,14H,1-5H2,(H,15,16). The molecule has 2 N–H and O–H groups in total. The molecule has 0 saturated carbocycles. The van der Waals surface area contributed by atoms with E-state index >= 15 is 0 Å². The van der Waals surface area contributed by atoms with Gasteiger partial charge in [-0.15, -0.1) is 0 Å². The molecule has 0 aromatic heterocycles. The Hall–Kier alpha value is -0.870. The number of alkyl halides is 3. The average molecular weight is 305 g/mol. The van der Waals surface area contributed by atoms with Gasteiger partial charge in [-0.25, -0.2) is 8.42 Å². The second kappa shape index (κ2) is 5.63. The van der Waals surface area contributed by atoms with Crippen molar-refractivity contribution >= 4 is 15.8 Å². The molecule has 2 atom stereocenters. The number of halogens is 3. The number of hydrogen-bond acceptors (Lipinski definition) is 5. The molecule has 0 spiro atoms. The fraction of sp³-hybridized carbons (Fsp3) is 0.889. The quantitative estimate of drug-likeness (QED) is 0.726. The van der Waals surface area contributed by atoms with E-state index in [1.54, 1.807) is 0 Å². The summed E-state index contributed by atoms with van der Waals surface area (Å²) in [4.78, 5) is 11.7. The molecule has 1 saturated heterocycles. The Morgan fingerprint density at radius 3 is 2.47 bits per heavy atom. The first kappa shape index (κ1) is 16.2. The monoisotopic (exact) mass is 305 g/mol. The van der Waals surface area contributed by atoms with Gasteiger partial charge in [0.05, 0.1) is 17.9 Å². The van der Waals surface area contributed by atoms with Gasteiger partial charge in [0.15, 0.2) is 15.9 Å². The van der Waals surface area contributed by atoms with Gasteiger partial charge in [0.25, 0.3) is 0 Å². The number of hydrogen-bond donors (Lipinski definition) is 2. The van der Waals surface area contributed by atoms with Gasteiger partial charge in [0.2, 0.25) is 0 Å². The molecule has 10 heteroatoms. The highest BCUT2D eigenvalue weighted by molar-refractivity contribution is 7.91. The predicted molar refractivity (Wildman–Crippen MR) is 58.3 cm³/mol. The van der Waals surface area contributed by atoms with E-state index in [2.05, 4.69) is 0 Å². The van der Waals surface area contributed by atoms with Crippen LogP contribution in [0.1, 0.15) is 6.42 Å². The molecule has 1 rings (SSSR count). The fourth-order valence-electron chi connectivity index (χ4n) is 1.88. The second-order valence-electron chi connectivity index (χ2n) is 4.42. The molecule has 0 aromatic rings. The molecule has 0 radical (unpaired) electrons. The Balaban J connectivity index is 2.77. The molecule has 0 bridgehead atoms. The van der Waals surface area contributed by atoms with Crippen LogP contribution in [0.2, 0.25) is 0 Å². The van der Waals surface area contributed by atoms with Crippen LogP contribution in [0.3, 0.4) is 0 Å². The summed E-state index contributed by atoms with van der Waals surface area (Å²) >= 11 is 0. The predicted octanol–water partition coefficient (Wildman–Crippen LogP) is -0.517. The zero-order valence-electron chi connectivity index (χ0n) is 9.80. The maximum Gasteiger partial charge on any atom is 0.415 e. The summed E-state index contributed by atoms with van der Waals surface area (Å²) in [6.07, 6.45) is -8.02. The van der Waals surface area contributed by atoms with E-state index < -0.39 is 52.8 Å². The number of sulfone groups is 1. The number of carboxylic acid groups (broad SMARTS) is 1. The maximum absolute atomic E-state index is 12.2. The third kappa shape index (κ3) is 4.96. The summed E-state index contributed by atoms with van der Waals surface area (Å²) in [5, 5.41) is 17.6. The molecule has 19 heavy (non-hydrogen) atoms. The van der Waals surface area contributed by atoms with E-state index in [1.807, 2.05) is 0 Å². The normalized spacial score (nSPS) is 26.0. The third-order valence-corrected chi connectivity index (χ3v) is 4.54. The smallest absolute Gasteiger partial charge is 0.415 e. The van der Waals surface area contributed by atoms with Crippen LogP contribution in [0.15, 0.2) is 0 Å². The van der Waals surface area contributed by atoms with E-state index in [9.17, 15) is 26.4 Å². The Kier molecular flexibility index (Phi) is 4.80. The van der Waals surface area contributed by atoms with Crippen molar-refractivity contribution in [2.75, 3.05) is 24.6 Å². The highest BCUT2D eigenvalue weighted by atomic mass is 32.2. The number of aliphatic carboxylic acids is 1. The van der Waals surface area contributed by atoms with Gasteiger partial charge < -0.3 is 10.2 Å². The van der Waals surface area contributed by atoms with Gasteiger partial charge in [0.1, 0.15) is 0 Å². The highest BCUT2D eigenvalue weighted by Gasteiger charge is 2.42. The largest absolute Gasteiger partial charge is 0.481 e. The van der Waals surface area contributed by atoms with E-state index in [0.717, 1.165) is 4.90 Å². The Bertz CT molecular complexity index is 436. The average Bonchev–Trinajstić information content (AvgIpc) is 2.19. The topological polar surface area (TPSA) is 94.9 Å². The molecule has 1 aliphatic rings. The van der Waals surface area contributed by atoms with Crippen molar-refractivity contribution in [3.8, 4) is 0 Å². The van der Waals surface area contributed by atoms with Crippen LogP contribution < -0.4 is 0 Å². The number of rotatable bonds is 4. The molecule has 6 nitrogen and oxygen atoms in total. The molecular formula is C9H14F3NO5S. The van der Waals surface area contributed by atoms with Gasteiger partial charge in [-0.1, -0.05) is 0 Å². The number of β-amino-alcohol motifs (C(OH)–C–C–N with tert-alkyl or cyclic N) is 1. The summed E-state index contributed by atoms with van der Waals surface area (Å²) in [6, 6.07) is -1.05.